The Hall–Kier alpha value is -1.70. The van der Waals surface area contributed by atoms with Gasteiger partial charge in [-0.1, -0.05) is 0 Å². The highest BCUT2D eigenvalue weighted by molar-refractivity contribution is 5.56. The first kappa shape index (κ1) is 14.7. The molecule has 0 amide bonds. The van der Waals surface area contributed by atoms with Crippen LogP contribution in [0.3, 0.4) is 0 Å². The minimum atomic E-state index is -0.491. The molecule has 1 aromatic carbocycles. The third-order valence-electron chi connectivity index (χ3n) is 3.62. The third kappa shape index (κ3) is 2.74. The average Bonchev–Trinajstić information content (AvgIpc) is 2.89. The molecule has 20 heavy (non-hydrogen) atoms. The van der Waals surface area contributed by atoms with Gasteiger partial charge >= 0.3 is 0 Å². The van der Waals surface area contributed by atoms with Crippen molar-refractivity contribution in [3.63, 3.8) is 0 Å². The molecule has 7 heteroatoms. The molecule has 110 valence electrons. The topological polar surface area (TPSA) is 85.1 Å². The molecule has 2 atom stereocenters. The number of rotatable bonds is 5. The Morgan fingerprint density at radius 2 is 1.95 bits per heavy atom. The van der Waals surface area contributed by atoms with E-state index in [2.05, 4.69) is 0 Å². The van der Waals surface area contributed by atoms with Crippen molar-refractivity contribution in [3.8, 4) is 0 Å². The van der Waals surface area contributed by atoms with Gasteiger partial charge in [0.1, 0.15) is 12.2 Å². The number of hydrogen-bond donors (Lipinski definition) is 1. The van der Waals surface area contributed by atoms with Crippen molar-refractivity contribution in [3.05, 3.63) is 33.9 Å². The number of hydrogen-bond acceptors (Lipinski definition) is 6. The molecule has 0 aliphatic carbocycles. The van der Waals surface area contributed by atoms with Crippen LogP contribution in [0, 0.1) is 10.1 Å². The summed E-state index contributed by atoms with van der Waals surface area (Å²) < 4.78 is 10.7. The summed E-state index contributed by atoms with van der Waals surface area (Å²) in [6, 6.07) is 4.74. The van der Waals surface area contributed by atoms with Crippen molar-refractivity contribution in [1.82, 2.24) is 0 Å². The molecule has 0 aromatic heterocycles. The Morgan fingerprint density at radius 1 is 1.35 bits per heavy atom. The smallest absolute Gasteiger partial charge is 0.275 e. The number of methoxy groups -OCH3 is 2. The van der Waals surface area contributed by atoms with Gasteiger partial charge in [-0.25, -0.2) is 0 Å². The lowest BCUT2D eigenvalue weighted by atomic mass is 10.1. The van der Waals surface area contributed by atoms with Crippen LogP contribution in [0.2, 0.25) is 0 Å². The summed E-state index contributed by atoms with van der Waals surface area (Å²) in [6.07, 6.45) is -0.0689. The first-order chi connectivity index (χ1) is 9.60. The van der Waals surface area contributed by atoms with Crippen LogP contribution in [-0.2, 0) is 16.1 Å². The minimum Gasteiger partial charge on any atom is -0.391 e. The van der Waals surface area contributed by atoms with E-state index in [9.17, 15) is 15.2 Å². The van der Waals surface area contributed by atoms with E-state index in [4.69, 9.17) is 9.47 Å². The fourth-order valence-corrected chi connectivity index (χ4v) is 2.48. The van der Waals surface area contributed by atoms with Crippen molar-refractivity contribution in [2.75, 3.05) is 32.2 Å². The molecule has 1 aromatic rings. The van der Waals surface area contributed by atoms with Crippen LogP contribution in [-0.4, -0.2) is 49.5 Å². The van der Waals surface area contributed by atoms with Crippen molar-refractivity contribution in [2.24, 2.45) is 0 Å². The monoisotopic (exact) mass is 282 g/mol. The molecule has 0 saturated carbocycles. The van der Waals surface area contributed by atoms with Gasteiger partial charge in [-0.2, -0.15) is 0 Å². The van der Waals surface area contributed by atoms with Gasteiger partial charge in [0.2, 0.25) is 0 Å². The highest BCUT2D eigenvalue weighted by Crippen LogP contribution is 2.28. The highest BCUT2D eigenvalue weighted by Gasteiger charge is 2.33. The van der Waals surface area contributed by atoms with Crippen molar-refractivity contribution < 1.29 is 19.5 Å². The predicted octanol–water partition coefficient (Wildman–Crippen LogP) is 0.937. The second-order valence-electron chi connectivity index (χ2n) is 4.68. The van der Waals surface area contributed by atoms with E-state index in [0.29, 0.717) is 18.7 Å². The number of anilines is 1. The average molecular weight is 282 g/mol. The SMILES string of the molecule is COC1CN(c2ccc([N+](=O)[O-])c(CO)c2)CC1OC. The lowest BCUT2D eigenvalue weighted by molar-refractivity contribution is -0.385. The largest absolute Gasteiger partial charge is 0.391 e. The van der Waals surface area contributed by atoms with Gasteiger partial charge in [-0.05, 0) is 12.1 Å². The number of nitro groups is 1. The molecule has 1 aliphatic rings. The molecule has 1 saturated heterocycles. The maximum Gasteiger partial charge on any atom is 0.275 e. The van der Waals surface area contributed by atoms with Gasteiger partial charge in [-0.15, -0.1) is 0 Å². The van der Waals surface area contributed by atoms with Gasteiger partial charge in [0.15, 0.2) is 0 Å². The Kier molecular flexibility index (Phi) is 4.53. The quantitative estimate of drug-likeness (QED) is 0.639. The molecular formula is C13H18N2O5. The number of ether oxygens (including phenoxy) is 2. The minimum absolute atomic E-state index is 0.0345. The number of nitrogens with zero attached hydrogens (tertiary/aromatic N) is 2. The zero-order valence-corrected chi connectivity index (χ0v) is 11.5. The van der Waals surface area contributed by atoms with E-state index in [1.807, 2.05) is 4.90 Å². The summed E-state index contributed by atoms with van der Waals surface area (Å²) in [6.45, 7) is 0.939. The Morgan fingerprint density at radius 3 is 2.40 bits per heavy atom. The van der Waals surface area contributed by atoms with Crippen molar-refractivity contribution in [1.29, 1.82) is 0 Å². The van der Waals surface area contributed by atoms with Gasteiger partial charge in [0.25, 0.3) is 5.69 Å². The third-order valence-corrected chi connectivity index (χ3v) is 3.62. The van der Waals surface area contributed by atoms with Crippen LogP contribution in [0.4, 0.5) is 11.4 Å². The first-order valence-corrected chi connectivity index (χ1v) is 6.29. The number of aliphatic hydroxyl groups is 1. The zero-order chi connectivity index (χ0) is 14.7. The lowest BCUT2D eigenvalue weighted by Gasteiger charge is -2.18. The van der Waals surface area contributed by atoms with E-state index >= 15 is 0 Å². The Bertz CT molecular complexity index is 482. The van der Waals surface area contributed by atoms with Crippen LogP contribution in [0.15, 0.2) is 18.2 Å². The summed E-state index contributed by atoms with van der Waals surface area (Å²) in [5.74, 6) is 0. The molecule has 0 spiro atoms. The van der Waals surface area contributed by atoms with Crippen LogP contribution in [0.25, 0.3) is 0 Å². The van der Waals surface area contributed by atoms with Gasteiger partial charge in [0, 0.05) is 39.1 Å². The van der Waals surface area contributed by atoms with Crippen LogP contribution in [0.1, 0.15) is 5.56 Å². The molecule has 7 nitrogen and oxygen atoms in total. The zero-order valence-electron chi connectivity index (χ0n) is 11.5. The molecule has 1 N–H and O–H groups in total. The maximum absolute atomic E-state index is 10.9. The van der Waals surface area contributed by atoms with Crippen molar-refractivity contribution in [2.45, 2.75) is 18.8 Å². The van der Waals surface area contributed by atoms with Crippen molar-refractivity contribution >= 4 is 11.4 Å². The molecule has 2 unspecified atom stereocenters. The Labute approximate surface area is 116 Å². The highest BCUT2D eigenvalue weighted by atomic mass is 16.6. The second-order valence-corrected chi connectivity index (χ2v) is 4.68. The van der Waals surface area contributed by atoms with Crippen LogP contribution >= 0.6 is 0 Å². The molecule has 1 aliphatic heterocycles. The lowest BCUT2D eigenvalue weighted by Crippen LogP contribution is -2.27. The van der Waals surface area contributed by atoms with Crippen LogP contribution in [0.5, 0.6) is 0 Å². The van der Waals surface area contributed by atoms with Gasteiger partial charge in [-0.3, -0.25) is 10.1 Å². The van der Waals surface area contributed by atoms with Crippen LogP contribution < -0.4 is 4.90 Å². The van der Waals surface area contributed by atoms with Gasteiger partial charge < -0.3 is 19.5 Å². The summed E-state index contributed by atoms with van der Waals surface area (Å²) in [4.78, 5) is 12.4. The van der Waals surface area contributed by atoms with E-state index in [-0.39, 0.29) is 24.5 Å². The standard InChI is InChI=1S/C13H18N2O5/c1-19-12-6-14(7-13(12)20-2)10-3-4-11(15(17)18)9(5-10)8-16/h3-5,12-13,16H,6-8H2,1-2H3. The molecule has 0 radical (unpaired) electrons. The molecule has 0 bridgehead atoms. The molecule has 2 rings (SSSR count). The summed E-state index contributed by atoms with van der Waals surface area (Å²) in [5, 5.41) is 20.1. The summed E-state index contributed by atoms with van der Waals surface area (Å²) >= 11 is 0. The number of aliphatic hydroxyl groups excluding tert-OH is 1. The molecule has 1 fully saturated rings. The maximum atomic E-state index is 10.9. The summed E-state index contributed by atoms with van der Waals surface area (Å²) in [5.41, 5.74) is 1.06. The summed E-state index contributed by atoms with van der Waals surface area (Å²) in [7, 11) is 3.27. The van der Waals surface area contributed by atoms with Gasteiger partial charge in [0.05, 0.1) is 17.1 Å². The van der Waals surface area contributed by atoms with E-state index in [1.165, 1.54) is 6.07 Å². The fraction of sp³-hybridized carbons (Fsp3) is 0.538. The Balaban J connectivity index is 2.24. The molecule has 1 heterocycles. The van der Waals surface area contributed by atoms with E-state index < -0.39 is 4.92 Å². The normalized spacial score (nSPS) is 22.2. The first-order valence-electron chi connectivity index (χ1n) is 6.29. The van der Waals surface area contributed by atoms with E-state index in [1.54, 1.807) is 26.4 Å². The fourth-order valence-electron chi connectivity index (χ4n) is 2.48. The number of benzene rings is 1. The van der Waals surface area contributed by atoms with E-state index in [0.717, 1.165) is 5.69 Å². The predicted molar refractivity (Wildman–Crippen MR) is 72.8 cm³/mol. The number of nitro benzene ring substituents is 1. The second kappa shape index (κ2) is 6.17. The molecular weight excluding hydrogens is 264 g/mol.